The number of hydrogen-bond acceptors (Lipinski definition) is 2. The van der Waals surface area contributed by atoms with Crippen molar-refractivity contribution in [3.8, 4) is 0 Å². The predicted octanol–water partition coefficient (Wildman–Crippen LogP) is 4.96. The Labute approximate surface area is 158 Å². The zero-order chi connectivity index (χ0) is 18.5. The summed E-state index contributed by atoms with van der Waals surface area (Å²) in [6, 6.07) is 14.6. The van der Waals surface area contributed by atoms with Crippen LogP contribution in [-0.4, -0.2) is 11.8 Å². The molecule has 5 heteroatoms. The van der Waals surface area contributed by atoms with Crippen LogP contribution in [0.25, 0.3) is 0 Å². The van der Waals surface area contributed by atoms with Crippen LogP contribution in [0.2, 0.25) is 5.02 Å². The zero-order valence-corrected chi connectivity index (χ0v) is 15.6. The van der Waals surface area contributed by atoms with Gasteiger partial charge in [-0.3, -0.25) is 9.59 Å². The maximum Gasteiger partial charge on any atom is 0.251 e. The van der Waals surface area contributed by atoms with Gasteiger partial charge in [0.1, 0.15) is 0 Å². The van der Waals surface area contributed by atoms with E-state index in [0.29, 0.717) is 22.2 Å². The highest BCUT2D eigenvalue weighted by molar-refractivity contribution is 6.30. The van der Waals surface area contributed by atoms with Gasteiger partial charge in [-0.2, -0.15) is 0 Å². The Balaban J connectivity index is 1.77. The summed E-state index contributed by atoms with van der Waals surface area (Å²) in [5, 5.41) is 6.58. The SMILES string of the molecule is CC(=O)Nc1ccc(C(=O)N[C@H](c2cccc(Cl)c2)C2CCCC2)cc1. The molecule has 0 aliphatic heterocycles. The Morgan fingerprint density at radius 2 is 1.77 bits per heavy atom. The lowest BCUT2D eigenvalue weighted by atomic mass is 9.91. The van der Waals surface area contributed by atoms with E-state index in [-0.39, 0.29) is 17.9 Å². The van der Waals surface area contributed by atoms with Crippen LogP contribution in [-0.2, 0) is 4.79 Å². The lowest BCUT2D eigenvalue weighted by Gasteiger charge is -2.25. The average Bonchev–Trinajstić information content (AvgIpc) is 3.14. The van der Waals surface area contributed by atoms with Crippen molar-refractivity contribution in [2.45, 2.75) is 38.6 Å². The van der Waals surface area contributed by atoms with Crippen LogP contribution in [0.3, 0.4) is 0 Å². The molecule has 2 amide bonds. The lowest BCUT2D eigenvalue weighted by molar-refractivity contribution is -0.114. The van der Waals surface area contributed by atoms with E-state index in [4.69, 9.17) is 11.6 Å². The molecule has 0 aromatic heterocycles. The van der Waals surface area contributed by atoms with Crippen molar-refractivity contribution in [3.05, 3.63) is 64.7 Å². The first-order chi connectivity index (χ1) is 12.5. The monoisotopic (exact) mass is 370 g/mol. The van der Waals surface area contributed by atoms with Crippen LogP contribution >= 0.6 is 11.6 Å². The molecule has 2 N–H and O–H groups in total. The Hall–Kier alpha value is -2.33. The number of amides is 2. The molecule has 2 aromatic carbocycles. The molecule has 0 unspecified atom stereocenters. The largest absolute Gasteiger partial charge is 0.345 e. The van der Waals surface area contributed by atoms with Crippen LogP contribution < -0.4 is 10.6 Å². The Morgan fingerprint density at radius 3 is 2.38 bits per heavy atom. The lowest BCUT2D eigenvalue weighted by Crippen LogP contribution is -2.32. The van der Waals surface area contributed by atoms with Crippen LogP contribution in [0.15, 0.2) is 48.5 Å². The minimum atomic E-state index is -0.135. The number of rotatable bonds is 5. The highest BCUT2D eigenvalue weighted by atomic mass is 35.5. The molecule has 1 aliphatic rings. The molecule has 26 heavy (non-hydrogen) atoms. The molecule has 0 radical (unpaired) electrons. The highest BCUT2D eigenvalue weighted by Crippen LogP contribution is 2.36. The van der Waals surface area contributed by atoms with Crippen molar-refractivity contribution in [3.63, 3.8) is 0 Å². The van der Waals surface area contributed by atoms with Crippen molar-refractivity contribution in [2.24, 2.45) is 5.92 Å². The highest BCUT2D eigenvalue weighted by Gasteiger charge is 2.28. The van der Waals surface area contributed by atoms with Crippen molar-refractivity contribution in [2.75, 3.05) is 5.32 Å². The van der Waals surface area contributed by atoms with Crippen molar-refractivity contribution >= 4 is 29.1 Å². The first-order valence-corrected chi connectivity index (χ1v) is 9.35. The Bertz CT molecular complexity index is 783. The molecule has 0 spiro atoms. The van der Waals surface area contributed by atoms with Gasteiger partial charge in [0, 0.05) is 23.2 Å². The third kappa shape index (κ3) is 4.64. The summed E-state index contributed by atoms with van der Waals surface area (Å²) in [5.74, 6) is 0.178. The number of nitrogens with one attached hydrogen (secondary N) is 2. The van der Waals surface area contributed by atoms with Gasteiger partial charge in [0.25, 0.3) is 5.91 Å². The summed E-state index contributed by atoms with van der Waals surface area (Å²) < 4.78 is 0. The second-order valence-corrected chi connectivity index (χ2v) is 7.25. The van der Waals surface area contributed by atoms with Gasteiger partial charge < -0.3 is 10.6 Å². The second-order valence-electron chi connectivity index (χ2n) is 6.81. The van der Waals surface area contributed by atoms with E-state index >= 15 is 0 Å². The predicted molar refractivity (Wildman–Crippen MR) is 104 cm³/mol. The summed E-state index contributed by atoms with van der Waals surface area (Å²) in [7, 11) is 0. The average molecular weight is 371 g/mol. The first kappa shape index (κ1) is 18.5. The van der Waals surface area contributed by atoms with E-state index in [1.54, 1.807) is 24.3 Å². The summed E-state index contributed by atoms with van der Waals surface area (Å²) in [4.78, 5) is 23.9. The molecule has 0 heterocycles. The van der Waals surface area contributed by atoms with Gasteiger partial charge >= 0.3 is 0 Å². The molecular weight excluding hydrogens is 348 g/mol. The standard InChI is InChI=1S/C21H23ClN2O2/c1-14(25)23-19-11-9-16(10-12-19)21(26)24-20(15-5-2-3-6-15)17-7-4-8-18(22)13-17/h4,7-13,15,20H,2-3,5-6H2,1H3,(H,23,25)(H,24,26)/t20-/m0/s1. The van der Waals surface area contributed by atoms with Gasteiger partial charge in [0.05, 0.1) is 6.04 Å². The fraction of sp³-hybridized carbons (Fsp3) is 0.333. The van der Waals surface area contributed by atoms with E-state index in [1.807, 2.05) is 24.3 Å². The van der Waals surface area contributed by atoms with Crippen molar-refractivity contribution in [1.82, 2.24) is 5.32 Å². The number of hydrogen-bond donors (Lipinski definition) is 2. The van der Waals surface area contributed by atoms with E-state index < -0.39 is 0 Å². The molecule has 136 valence electrons. The summed E-state index contributed by atoms with van der Waals surface area (Å²) in [6.07, 6.45) is 4.61. The fourth-order valence-corrected chi connectivity index (χ4v) is 3.80. The third-order valence-corrected chi connectivity index (χ3v) is 5.07. The molecular formula is C21H23ClN2O2. The molecule has 0 bridgehead atoms. The van der Waals surface area contributed by atoms with Gasteiger partial charge in [-0.15, -0.1) is 0 Å². The summed E-state index contributed by atoms with van der Waals surface area (Å²) in [5.41, 5.74) is 2.30. The second kappa shape index (κ2) is 8.37. The normalized spacial score (nSPS) is 15.5. The van der Waals surface area contributed by atoms with Crippen LogP contribution in [0.5, 0.6) is 0 Å². The topological polar surface area (TPSA) is 58.2 Å². The molecule has 3 rings (SSSR count). The van der Waals surface area contributed by atoms with E-state index in [2.05, 4.69) is 10.6 Å². The maximum atomic E-state index is 12.8. The Morgan fingerprint density at radius 1 is 1.08 bits per heavy atom. The van der Waals surface area contributed by atoms with E-state index in [9.17, 15) is 9.59 Å². The van der Waals surface area contributed by atoms with Crippen LogP contribution in [0, 0.1) is 5.92 Å². The number of anilines is 1. The maximum absolute atomic E-state index is 12.8. The van der Waals surface area contributed by atoms with E-state index in [1.165, 1.54) is 19.8 Å². The van der Waals surface area contributed by atoms with Crippen molar-refractivity contribution < 1.29 is 9.59 Å². The molecule has 1 saturated carbocycles. The van der Waals surface area contributed by atoms with Crippen LogP contribution in [0.4, 0.5) is 5.69 Å². The number of benzene rings is 2. The third-order valence-electron chi connectivity index (χ3n) is 4.83. The molecule has 1 aliphatic carbocycles. The minimum absolute atomic E-state index is 0.0429. The number of carbonyl (C=O) groups excluding carboxylic acids is 2. The summed E-state index contributed by atoms with van der Waals surface area (Å²) >= 11 is 6.16. The van der Waals surface area contributed by atoms with Gasteiger partial charge in [0.2, 0.25) is 5.91 Å². The van der Waals surface area contributed by atoms with Gasteiger partial charge in [-0.25, -0.2) is 0 Å². The molecule has 2 aromatic rings. The van der Waals surface area contributed by atoms with Crippen LogP contribution in [0.1, 0.15) is 54.6 Å². The van der Waals surface area contributed by atoms with Gasteiger partial charge in [0.15, 0.2) is 0 Å². The Kier molecular flexibility index (Phi) is 5.94. The number of carbonyl (C=O) groups is 2. The zero-order valence-electron chi connectivity index (χ0n) is 14.8. The molecule has 1 fully saturated rings. The summed E-state index contributed by atoms with van der Waals surface area (Å²) in [6.45, 7) is 1.46. The van der Waals surface area contributed by atoms with Crippen molar-refractivity contribution in [1.29, 1.82) is 0 Å². The van der Waals surface area contributed by atoms with Gasteiger partial charge in [-0.1, -0.05) is 36.6 Å². The smallest absolute Gasteiger partial charge is 0.251 e. The van der Waals surface area contributed by atoms with E-state index in [0.717, 1.165) is 18.4 Å². The first-order valence-electron chi connectivity index (χ1n) is 8.97. The fourth-order valence-electron chi connectivity index (χ4n) is 3.60. The number of halogens is 1. The molecule has 0 saturated heterocycles. The molecule has 4 nitrogen and oxygen atoms in total. The molecule has 1 atom stereocenters. The minimum Gasteiger partial charge on any atom is -0.345 e. The van der Waals surface area contributed by atoms with Gasteiger partial charge in [-0.05, 0) is 60.7 Å². The quantitative estimate of drug-likeness (QED) is 0.781.